The maximum Gasteiger partial charge on any atom is 0.268 e. The summed E-state index contributed by atoms with van der Waals surface area (Å²) >= 11 is 0. The SMILES string of the molecule is Cc1cc(NC(=O)CN(c2ccc(C(C)C)cc2)S(=O)(=O)c2c(C)nn(C)c2C)n[nH]1. The van der Waals surface area contributed by atoms with Crippen molar-refractivity contribution in [3.8, 4) is 0 Å². The highest BCUT2D eigenvalue weighted by atomic mass is 32.2. The van der Waals surface area contributed by atoms with Crippen LogP contribution in [0, 0.1) is 20.8 Å². The van der Waals surface area contributed by atoms with Gasteiger partial charge in [-0.3, -0.25) is 18.9 Å². The third kappa shape index (κ3) is 4.63. The smallest absolute Gasteiger partial charge is 0.268 e. The van der Waals surface area contributed by atoms with Gasteiger partial charge in [-0.25, -0.2) is 8.42 Å². The number of hydrogen-bond donors (Lipinski definition) is 2. The number of aryl methyl sites for hydroxylation is 3. The van der Waals surface area contributed by atoms with Gasteiger partial charge in [-0.1, -0.05) is 26.0 Å². The zero-order chi connectivity index (χ0) is 22.9. The van der Waals surface area contributed by atoms with Crippen molar-refractivity contribution in [3.05, 3.63) is 53.0 Å². The molecule has 0 aliphatic carbocycles. The van der Waals surface area contributed by atoms with Crippen LogP contribution >= 0.6 is 0 Å². The number of carbonyl (C=O) groups is 1. The van der Waals surface area contributed by atoms with E-state index in [1.54, 1.807) is 39.1 Å². The molecule has 0 aliphatic heterocycles. The molecule has 0 aliphatic rings. The van der Waals surface area contributed by atoms with Gasteiger partial charge < -0.3 is 5.32 Å². The van der Waals surface area contributed by atoms with Crippen molar-refractivity contribution < 1.29 is 13.2 Å². The minimum Gasteiger partial charge on any atom is -0.308 e. The molecule has 2 N–H and O–H groups in total. The number of anilines is 2. The molecule has 31 heavy (non-hydrogen) atoms. The van der Waals surface area contributed by atoms with Crippen molar-refractivity contribution in [3.63, 3.8) is 0 Å². The summed E-state index contributed by atoms with van der Waals surface area (Å²) in [6, 6.07) is 8.87. The average Bonchev–Trinajstić information content (AvgIpc) is 3.21. The van der Waals surface area contributed by atoms with Crippen LogP contribution < -0.4 is 9.62 Å². The van der Waals surface area contributed by atoms with Gasteiger partial charge in [-0.2, -0.15) is 10.2 Å². The molecule has 0 spiro atoms. The van der Waals surface area contributed by atoms with Crippen LogP contribution in [0.2, 0.25) is 0 Å². The van der Waals surface area contributed by atoms with E-state index in [-0.39, 0.29) is 4.90 Å². The van der Waals surface area contributed by atoms with Crippen LogP contribution in [0.4, 0.5) is 11.5 Å². The van der Waals surface area contributed by atoms with Gasteiger partial charge in [0.25, 0.3) is 10.0 Å². The highest BCUT2D eigenvalue weighted by Gasteiger charge is 2.32. The second kappa shape index (κ2) is 8.54. The average molecular weight is 445 g/mol. The third-order valence-electron chi connectivity index (χ3n) is 5.10. The Balaban J connectivity index is 2.02. The molecule has 1 amide bonds. The topological polar surface area (TPSA) is 113 Å². The third-order valence-corrected chi connectivity index (χ3v) is 7.13. The summed E-state index contributed by atoms with van der Waals surface area (Å²) in [7, 11) is -2.36. The van der Waals surface area contributed by atoms with E-state index >= 15 is 0 Å². The fourth-order valence-electron chi connectivity index (χ4n) is 3.37. The Kier molecular flexibility index (Phi) is 6.21. The number of nitrogens with one attached hydrogen (secondary N) is 2. The molecule has 0 unspecified atom stereocenters. The minimum atomic E-state index is -4.05. The van der Waals surface area contributed by atoms with E-state index in [1.165, 1.54) is 4.68 Å². The molecule has 0 saturated carbocycles. The molecule has 2 aromatic heterocycles. The lowest BCUT2D eigenvalue weighted by atomic mass is 10.0. The van der Waals surface area contributed by atoms with E-state index in [2.05, 4.69) is 34.5 Å². The number of benzene rings is 1. The molecule has 0 radical (unpaired) electrons. The molecule has 0 bridgehead atoms. The number of sulfonamides is 1. The van der Waals surface area contributed by atoms with Crippen molar-refractivity contribution in [2.24, 2.45) is 7.05 Å². The van der Waals surface area contributed by atoms with Crippen LogP contribution in [0.5, 0.6) is 0 Å². The number of carbonyl (C=O) groups excluding carboxylic acids is 1. The van der Waals surface area contributed by atoms with Gasteiger partial charge >= 0.3 is 0 Å². The van der Waals surface area contributed by atoms with Crippen LogP contribution in [0.15, 0.2) is 35.2 Å². The van der Waals surface area contributed by atoms with Crippen molar-refractivity contribution in [2.75, 3.05) is 16.2 Å². The van der Waals surface area contributed by atoms with E-state index in [1.807, 2.05) is 19.1 Å². The molecular formula is C21H28N6O3S. The molecule has 0 atom stereocenters. The van der Waals surface area contributed by atoms with Crippen LogP contribution in [0.25, 0.3) is 0 Å². The van der Waals surface area contributed by atoms with Crippen LogP contribution in [-0.4, -0.2) is 40.8 Å². The summed E-state index contributed by atoms with van der Waals surface area (Å²) in [5.74, 6) is 0.138. The molecule has 3 rings (SSSR count). The van der Waals surface area contributed by atoms with Crippen molar-refractivity contribution >= 4 is 27.4 Å². The molecule has 166 valence electrons. The van der Waals surface area contributed by atoms with Gasteiger partial charge in [-0.15, -0.1) is 0 Å². The highest BCUT2D eigenvalue weighted by molar-refractivity contribution is 7.93. The van der Waals surface area contributed by atoms with Crippen LogP contribution in [0.1, 0.15) is 42.4 Å². The second-order valence-corrected chi connectivity index (χ2v) is 9.66. The van der Waals surface area contributed by atoms with Crippen molar-refractivity contribution in [1.82, 2.24) is 20.0 Å². The Morgan fingerprint density at radius 2 is 1.84 bits per heavy atom. The largest absolute Gasteiger partial charge is 0.308 e. The molecule has 0 saturated heterocycles. The number of rotatable bonds is 7. The summed E-state index contributed by atoms with van der Waals surface area (Å²) in [5.41, 5.74) is 3.15. The van der Waals surface area contributed by atoms with Crippen LogP contribution in [-0.2, 0) is 21.9 Å². The minimum absolute atomic E-state index is 0.103. The molecule has 3 aromatic rings. The van der Waals surface area contributed by atoms with E-state index in [9.17, 15) is 13.2 Å². The second-order valence-electron chi connectivity index (χ2n) is 7.87. The van der Waals surface area contributed by atoms with E-state index in [0.717, 1.165) is 15.6 Å². The van der Waals surface area contributed by atoms with Gasteiger partial charge in [0, 0.05) is 18.8 Å². The van der Waals surface area contributed by atoms with Gasteiger partial charge in [0.05, 0.1) is 17.1 Å². The summed E-state index contributed by atoms with van der Waals surface area (Å²) in [4.78, 5) is 12.8. The fourth-order valence-corrected chi connectivity index (χ4v) is 5.20. The first-order valence-corrected chi connectivity index (χ1v) is 11.4. The Bertz CT molecular complexity index is 1190. The fraction of sp³-hybridized carbons (Fsp3) is 0.381. The van der Waals surface area contributed by atoms with E-state index in [0.29, 0.717) is 28.8 Å². The maximum atomic E-state index is 13.7. The lowest BCUT2D eigenvalue weighted by molar-refractivity contribution is -0.114. The molecule has 10 heteroatoms. The van der Waals surface area contributed by atoms with Crippen molar-refractivity contribution in [2.45, 2.75) is 45.4 Å². The Morgan fingerprint density at radius 3 is 2.32 bits per heavy atom. The van der Waals surface area contributed by atoms with Gasteiger partial charge in [0.15, 0.2) is 5.82 Å². The van der Waals surface area contributed by atoms with E-state index in [4.69, 9.17) is 0 Å². The monoisotopic (exact) mass is 444 g/mol. The normalized spacial score (nSPS) is 11.7. The number of aromatic amines is 1. The quantitative estimate of drug-likeness (QED) is 0.582. The van der Waals surface area contributed by atoms with Gasteiger partial charge in [-0.05, 0) is 44.4 Å². The number of nitrogens with zero attached hydrogens (tertiary/aromatic N) is 4. The lowest BCUT2D eigenvalue weighted by Gasteiger charge is -2.24. The number of aromatic nitrogens is 4. The Morgan fingerprint density at radius 1 is 1.19 bits per heavy atom. The van der Waals surface area contributed by atoms with E-state index < -0.39 is 22.5 Å². The molecule has 0 fully saturated rings. The number of H-pyrrole nitrogens is 1. The molecule has 2 heterocycles. The van der Waals surface area contributed by atoms with Crippen LogP contribution in [0.3, 0.4) is 0 Å². The van der Waals surface area contributed by atoms with Gasteiger partial charge in [0.2, 0.25) is 5.91 Å². The first-order valence-electron chi connectivity index (χ1n) is 9.95. The first kappa shape index (κ1) is 22.5. The number of hydrogen-bond acceptors (Lipinski definition) is 5. The predicted octanol–water partition coefficient (Wildman–Crippen LogP) is 3.03. The summed E-state index contributed by atoms with van der Waals surface area (Å²) in [5, 5.41) is 13.6. The molecular weight excluding hydrogens is 416 g/mol. The van der Waals surface area contributed by atoms with Crippen molar-refractivity contribution in [1.29, 1.82) is 0 Å². The highest BCUT2D eigenvalue weighted by Crippen LogP contribution is 2.29. The van der Waals surface area contributed by atoms with Gasteiger partial charge in [0.1, 0.15) is 11.4 Å². The predicted molar refractivity (Wildman–Crippen MR) is 120 cm³/mol. The lowest BCUT2D eigenvalue weighted by Crippen LogP contribution is -2.38. The molecule has 1 aromatic carbocycles. The Hall–Kier alpha value is -3.14. The summed E-state index contributed by atoms with van der Waals surface area (Å²) < 4.78 is 30.0. The zero-order valence-electron chi connectivity index (χ0n) is 18.6. The number of amides is 1. The standard InChI is InChI=1S/C21H28N6O3S/c1-13(2)17-7-9-18(10-8-17)27(12-20(28)22-19-11-14(3)23-24-19)31(29,30)21-15(4)25-26(6)16(21)5/h7-11,13H,12H2,1-6H3,(H2,22,23,24,28). The summed E-state index contributed by atoms with van der Waals surface area (Å²) in [6.07, 6.45) is 0. The maximum absolute atomic E-state index is 13.7. The zero-order valence-corrected chi connectivity index (χ0v) is 19.4. The Labute approximate surface area is 182 Å². The first-order chi connectivity index (χ1) is 14.5. The molecule has 9 nitrogen and oxygen atoms in total. The summed E-state index contributed by atoms with van der Waals surface area (Å²) in [6.45, 7) is 8.87.